The van der Waals surface area contributed by atoms with Crippen LogP contribution in [0.1, 0.15) is 27.0 Å². The Hall–Kier alpha value is -3.19. The van der Waals surface area contributed by atoms with E-state index in [0.29, 0.717) is 13.1 Å². The number of alkyl halides is 3. The van der Waals surface area contributed by atoms with Gasteiger partial charge in [0.15, 0.2) is 0 Å². The molecule has 3 nitrogen and oxygen atoms in total. The van der Waals surface area contributed by atoms with Crippen molar-refractivity contribution in [3.05, 3.63) is 101 Å². The van der Waals surface area contributed by atoms with E-state index in [9.17, 15) is 18.0 Å². The standard InChI is InChI=1S/C26H23F3N2OS/c1-18-9-11-19(12-10-18)17-33-24-16-31(23-8-3-2-7-22(23)24)14-13-30-25(32)20-5-4-6-21(15-20)26(27,28)29/h2-12,15-16H,13-14,17H2,1H3,(H,30,32). The van der Waals surface area contributed by atoms with Crippen LogP contribution >= 0.6 is 11.8 Å². The van der Waals surface area contributed by atoms with Crippen LogP contribution in [0, 0.1) is 6.92 Å². The number of nitrogens with one attached hydrogen (secondary N) is 1. The van der Waals surface area contributed by atoms with E-state index in [1.165, 1.54) is 23.3 Å². The number of hydrogen-bond acceptors (Lipinski definition) is 2. The first-order chi connectivity index (χ1) is 15.8. The molecule has 170 valence electrons. The van der Waals surface area contributed by atoms with Crippen molar-refractivity contribution in [1.29, 1.82) is 0 Å². The van der Waals surface area contributed by atoms with Crippen LogP contribution in [0.25, 0.3) is 10.9 Å². The van der Waals surface area contributed by atoms with Crippen LogP contribution in [0.2, 0.25) is 0 Å². The molecule has 0 bridgehead atoms. The molecule has 4 rings (SSSR count). The first kappa shape index (κ1) is 23.0. The predicted octanol–water partition coefficient (Wildman–Crippen LogP) is 6.69. The third-order valence-electron chi connectivity index (χ3n) is 5.36. The minimum absolute atomic E-state index is 0.00321. The highest BCUT2D eigenvalue weighted by atomic mass is 32.2. The summed E-state index contributed by atoms with van der Waals surface area (Å²) >= 11 is 1.76. The summed E-state index contributed by atoms with van der Waals surface area (Å²) in [7, 11) is 0. The molecule has 1 amide bonds. The van der Waals surface area contributed by atoms with Gasteiger partial charge in [-0.25, -0.2) is 0 Å². The summed E-state index contributed by atoms with van der Waals surface area (Å²) in [5.41, 5.74) is 2.69. The molecule has 1 aromatic heterocycles. The molecule has 1 heterocycles. The first-order valence-corrected chi connectivity index (χ1v) is 11.5. The second kappa shape index (κ2) is 9.75. The van der Waals surface area contributed by atoms with E-state index in [2.05, 4.69) is 53.3 Å². The number of thioether (sulfide) groups is 1. The summed E-state index contributed by atoms with van der Waals surface area (Å²) in [6.07, 6.45) is -2.41. The van der Waals surface area contributed by atoms with Crippen molar-refractivity contribution in [3.8, 4) is 0 Å². The Balaban J connectivity index is 1.42. The van der Waals surface area contributed by atoms with E-state index in [0.717, 1.165) is 33.7 Å². The average molecular weight is 469 g/mol. The Bertz CT molecular complexity index is 1260. The molecular formula is C26H23F3N2OS. The predicted molar refractivity (Wildman–Crippen MR) is 126 cm³/mol. The third kappa shape index (κ3) is 5.60. The monoisotopic (exact) mass is 468 g/mol. The van der Waals surface area contributed by atoms with Crippen LogP contribution in [0.3, 0.4) is 0 Å². The lowest BCUT2D eigenvalue weighted by atomic mass is 10.1. The van der Waals surface area contributed by atoms with Crippen molar-refractivity contribution in [2.24, 2.45) is 0 Å². The van der Waals surface area contributed by atoms with E-state index in [4.69, 9.17) is 0 Å². The molecule has 0 saturated heterocycles. The van der Waals surface area contributed by atoms with Crippen LogP contribution in [0.5, 0.6) is 0 Å². The molecule has 0 aliphatic heterocycles. The van der Waals surface area contributed by atoms with Gasteiger partial charge >= 0.3 is 6.18 Å². The van der Waals surface area contributed by atoms with E-state index in [-0.39, 0.29) is 5.56 Å². The quantitative estimate of drug-likeness (QED) is 0.307. The van der Waals surface area contributed by atoms with Crippen molar-refractivity contribution in [2.45, 2.75) is 30.3 Å². The average Bonchev–Trinajstić information content (AvgIpc) is 3.16. The number of carbonyl (C=O) groups excluding carboxylic acids is 1. The topological polar surface area (TPSA) is 34.0 Å². The first-order valence-electron chi connectivity index (χ1n) is 10.5. The number of hydrogen-bond donors (Lipinski definition) is 1. The number of benzene rings is 3. The molecule has 1 N–H and O–H groups in total. The molecule has 33 heavy (non-hydrogen) atoms. The fourth-order valence-electron chi connectivity index (χ4n) is 3.59. The summed E-state index contributed by atoms with van der Waals surface area (Å²) in [5.74, 6) is 0.326. The largest absolute Gasteiger partial charge is 0.416 e. The number of amides is 1. The van der Waals surface area contributed by atoms with Crippen LogP contribution in [0.15, 0.2) is 83.9 Å². The van der Waals surface area contributed by atoms with Crippen molar-refractivity contribution in [1.82, 2.24) is 9.88 Å². The Morgan fingerprint density at radius 3 is 2.52 bits per heavy atom. The lowest BCUT2D eigenvalue weighted by Gasteiger charge is -2.10. The Morgan fingerprint density at radius 1 is 1.00 bits per heavy atom. The normalized spacial score (nSPS) is 11.6. The van der Waals surface area contributed by atoms with Gasteiger partial charge in [0.1, 0.15) is 0 Å². The zero-order valence-corrected chi connectivity index (χ0v) is 18.8. The molecule has 0 radical (unpaired) electrons. The lowest BCUT2D eigenvalue weighted by Crippen LogP contribution is -2.27. The van der Waals surface area contributed by atoms with Crippen LogP contribution in [-0.4, -0.2) is 17.0 Å². The molecule has 4 aromatic rings. The summed E-state index contributed by atoms with van der Waals surface area (Å²) in [4.78, 5) is 13.5. The molecule has 0 aliphatic rings. The van der Waals surface area contributed by atoms with E-state index < -0.39 is 17.6 Å². The number of carbonyl (C=O) groups is 1. The fourth-order valence-corrected chi connectivity index (χ4v) is 4.63. The van der Waals surface area contributed by atoms with Gasteiger partial charge in [-0.05, 0) is 36.8 Å². The van der Waals surface area contributed by atoms with Gasteiger partial charge in [0.05, 0.1) is 5.56 Å². The highest BCUT2D eigenvalue weighted by molar-refractivity contribution is 7.98. The molecule has 0 aliphatic carbocycles. The number of aromatic nitrogens is 1. The summed E-state index contributed by atoms with van der Waals surface area (Å²) in [6, 6.07) is 21.0. The van der Waals surface area contributed by atoms with Gasteiger partial charge in [-0.2, -0.15) is 13.2 Å². The SMILES string of the molecule is Cc1ccc(CSc2cn(CCNC(=O)c3cccc(C(F)(F)F)c3)c3ccccc23)cc1. The number of aryl methyl sites for hydroxylation is 1. The van der Waals surface area contributed by atoms with Crippen molar-refractivity contribution < 1.29 is 18.0 Å². The molecule has 0 unspecified atom stereocenters. The number of para-hydroxylation sites is 1. The maximum absolute atomic E-state index is 12.9. The van der Waals surface area contributed by atoms with Crippen LogP contribution in [-0.2, 0) is 18.5 Å². The Labute approximate surface area is 194 Å². The van der Waals surface area contributed by atoms with Gasteiger partial charge in [-0.15, -0.1) is 11.8 Å². The van der Waals surface area contributed by atoms with E-state index in [1.54, 1.807) is 11.8 Å². The lowest BCUT2D eigenvalue weighted by molar-refractivity contribution is -0.137. The van der Waals surface area contributed by atoms with E-state index >= 15 is 0 Å². The van der Waals surface area contributed by atoms with Gasteiger partial charge in [-0.1, -0.05) is 54.1 Å². The maximum atomic E-state index is 12.9. The minimum Gasteiger partial charge on any atom is -0.350 e. The molecule has 0 saturated carbocycles. The number of halogens is 3. The molecule has 0 spiro atoms. The minimum atomic E-state index is -4.48. The van der Waals surface area contributed by atoms with E-state index in [1.807, 2.05) is 18.2 Å². The molecular weight excluding hydrogens is 445 g/mol. The maximum Gasteiger partial charge on any atom is 0.416 e. The molecule has 0 atom stereocenters. The van der Waals surface area contributed by atoms with Gasteiger partial charge in [0.2, 0.25) is 0 Å². The van der Waals surface area contributed by atoms with Crippen molar-refractivity contribution in [3.63, 3.8) is 0 Å². The van der Waals surface area contributed by atoms with Crippen LogP contribution in [0.4, 0.5) is 13.2 Å². The summed E-state index contributed by atoms with van der Waals surface area (Å²) < 4.78 is 40.8. The van der Waals surface area contributed by atoms with Gasteiger partial charge < -0.3 is 9.88 Å². The number of nitrogens with zero attached hydrogens (tertiary/aromatic N) is 1. The summed E-state index contributed by atoms with van der Waals surface area (Å²) in [5, 5.41) is 3.87. The fraction of sp³-hybridized carbons (Fsp3) is 0.192. The number of rotatable bonds is 7. The summed E-state index contributed by atoms with van der Waals surface area (Å²) in [6.45, 7) is 2.88. The second-order valence-electron chi connectivity index (χ2n) is 7.81. The Morgan fingerprint density at radius 2 is 1.76 bits per heavy atom. The van der Waals surface area contributed by atoms with Gasteiger partial charge in [-0.3, -0.25) is 4.79 Å². The zero-order chi connectivity index (χ0) is 23.4. The van der Waals surface area contributed by atoms with Gasteiger partial charge in [0.25, 0.3) is 5.91 Å². The third-order valence-corrected chi connectivity index (χ3v) is 6.47. The zero-order valence-electron chi connectivity index (χ0n) is 18.0. The van der Waals surface area contributed by atoms with Crippen molar-refractivity contribution >= 4 is 28.6 Å². The molecule has 0 fully saturated rings. The highest BCUT2D eigenvalue weighted by Gasteiger charge is 2.30. The van der Waals surface area contributed by atoms with Gasteiger partial charge in [0, 0.05) is 46.4 Å². The van der Waals surface area contributed by atoms with Crippen molar-refractivity contribution in [2.75, 3.05) is 6.54 Å². The second-order valence-corrected chi connectivity index (χ2v) is 8.83. The highest BCUT2D eigenvalue weighted by Crippen LogP contribution is 2.32. The smallest absolute Gasteiger partial charge is 0.350 e. The Kier molecular flexibility index (Phi) is 6.79. The molecule has 3 aromatic carbocycles. The molecule has 7 heteroatoms. The number of fused-ring (bicyclic) bond motifs is 1. The van der Waals surface area contributed by atoms with Crippen LogP contribution < -0.4 is 5.32 Å².